The maximum Gasteiger partial charge on any atom is 0.319 e. The highest BCUT2D eigenvalue weighted by atomic mass is 32.2. The largest absolute Gasteiger partial charge is 0.369 e. The van der Waals surface area contributed by atoms with Crippen molar-refractivity contribution in [3.63, 3.8) is 0 Å². The topological polar surface area (TPSA) is 81.8 Å². The summed E-state index contributed by atoms with van der Waals surface area (Å²) < 4.78 is 26.7. The van der Waals surface area contributed by atoms with E-state index in [4.69, 9.17) is 0 Å². The van der Waals surface area contributed by atoms with Crippen LogP contribution in [0.4, 0.5) is 16.2 Å². The van der Waals surface area contributed by atoms with E-state index in [1.165, 1.54) is 9.87 Å². The minimum absolute atomic E-state index is 0.0676. The predicted molar refractivity (Wildman–Crippen MR) is 117 cm³/mol. The van der Waals surface area contributed by atoms with E-state index in [1.807, 2.05) is 50.2 Å². The number of aryl methyl sites for hydroxylation is 2. The first-order chi connectivity index (χ1) is 13.8. The summed E-state index contributed by atoms with van der Waals surface area (Å²) in [5.41, 5.74) is 3.96. The third-order valence-electron chi connectivity index (χ3n) is 5.04. The molecule has 1 aliphatic rings. The summed E-state index contributed by atoms with van der Waals surface area (Å²) in [6.45, 7) is 6.23. The molecule has 0 atom stereocenters. The fourth-order valence-electron chi connectivity index (χ4n) is 3.35. The molecule has 0 saturated carbocycles. The van der Waals surface area contributed by atoms with Crippen LogP contribution in [0.15, 0.2) is 48.5 Å². The summed E-state index contributed by atoms with van der Waals surface area (Å²) in [5, 5.41) is 5.37. The van der Waals surface area contributed by atoms with Gasteiger partial charge in [0.15, 0.2) is 0 Å². The SMILES string of the molecule is Cc1cccc(N2CCN(S(=O)(=O)CCNC(=O)Nc3ccccc3C)CC2)c1. The van der Waals surface area contributed by atoms with Gasteiger partial charge in [-0.1, -0.05) is 30.3 Å². The van der Waals surface area contributed by atoms with Crippen LogP contribution in [-0.2, 0) is 10.0 Å². The smallest absolute Gasteiger partial charge is 0.319 e. The molecule has 0 aliphatic carbocycles. The molecular formula is C21H28N4O3S. The van der Waals surface area contributed by atoms with E-state index in [0.717, 1.165) is 11.3 Å². The van der Waals surface area contributed by atoms with E-state index in [2.05, 4.69) is 21.6 Å². The number of piperazine rings is 1. The van der Waals surface area contributed by atoms with Crippen molar-refractivity contribution in [2.45, 2.75) is 13.8 Å². The number of benzene rings is 2. The minimum atomic E-state index is -3.41. The molecule has 1 saturated heterocycles. The van der Waals surface area contributed by atoms with Crippen LogP contribution in [-0.4, -0.2) is 57.2 Å². The molecule has 1 heterocycles. The van der Waals surface area contributed by atoms with Crippen molar-refractivity contribution in [1.82, 2.24) is 9.62 Å². The van der Waals surface area contributed by atoms with Crippen LogP contribution in [0.25, 0.3) is 0 Å². The predicted octanol–water partition coefficient (Wildman–Crippen LogP) is 2.58. The molecule has 0 radical (unpaired) electrons. The minimum Gasteiger partial charge on any atom is -0.369 e. The summed E-state index contributed by atoms with van der Waals surface area (Å²) in [6.07, 6.45) is 0. The number of nitrogens with one attached hydrogen (secondary N) is 2. The molecule has 8 heteroatoms. The molecule has 2 amide bonds. The van der Waals surface area contributed by atoms with Crippen molar-refractivity contribution < 1.29 is 13.2 Å². The first-order valence-electron chi connectivity index (χ1n) is 9.75. The van der Waals surface area contributed by atoms with Gasteiger partial charge in [0.05, 0.1) is 5.75 Å². The maximum atomic E-state index is 12.6. The van der Waals surface area contributed by atoms with Crippen molar-refractivity contribution in [1.29, 1.82) is 0 Å². The average molecular weight is 417 g/mol. The van der Waals surface area contributed by atoms with Gasteiger partial charge in [0.25, 0.3) is 0 Å². The van der Waals surface area contributed by atoms with Crippen LogP contribution < -0.4 is 15.5 Å². The second kappa shape index (κ2) is 9.28. The van der Waals surface area contributed by atoms with E-state index in [0.29, 0.717) is 31.9 Å². The van der Waals surface area contributed by atoms with Gasteiger partial charge in [-0.25, -0.2) is 13.2 Å². The maximum absolute atomic E-state index is 12.6. The molecule has 2 N–H and O–H groups in total. The van der Waals surface area contributed by atoms with Crippen molar-refractivity contribution >= 4 is 27.4 Å². The number of urea groups is 1. The van der Waals surface area contributed by atoms with Crippen molar-refractivity contribution in [3.05, 3.63) is 59.7 Å². The highest BCUT2D eigenvalue weighted by molar-refractivity contribution is 7.89. The molecule has 2 aromatic rings. The summed E-state index contributed by atoms with van der Waals surface area (Å²) >= 11 is 0. The first kappa shape index (κ1) is 21.1. The number of nitrogens with zero attached hydrogens (tertiary/aromatic N) is 2. The lowest BCUT2D eigenvalue weighted by molar-refractivity contribution is 0.252. The van der Waals surface area contributed by atoms with Crippen LogP contribution in [0.2, 0.25) is 0 Å². The Morgan fingerprint density at radius 3 is 2.41 bits per heavy atom. The Balaban J connectivity index is 1.45. The van der Waals surface area contributed by atoms with Gasteiger partial charge in [0.2, 0.25) is 10.0 Å². The Bertz CT molecular complexity index is 954. The molecule has 1 aliphatic heterocycles. The highest BCUT2D eigenvalue weighted by Crippen LogP contribution is 2.19. The lowest BCUT2D eigenvalue weighted by atomic mass is 10.2. The number of sulfonamides is 1. The average Bonchev–Trinajstić information content (AvgIpc) is 2.70. The van der Waals surface area contributed by atoms with Crippen molar-refractivity contribution in [3.8, 4) is 0 Å². The molecule has 156 valence electrons. The summed E-state index contributed by atoms with van der Waals surface area (Å²) in [5.74, 6) is -0.112. The summed E-state index contributed by atoms with van der Waals surface area (Å²) in [6, 6.07) is 15.3. The van der Waals surface area contributed by atoms with Crippen LogP contribution in [0, 0.1) is 13.8 Å². The van der Waals surface area contributed by atoms with Crippen LogP contribution in [0.5, 0.6) is 0 Å². The monoisotopic (exact) mass is 416 g/mol. The Kier molecular flexibility index (Phi) is 6.76. The van der Waals surface area contributed by atoms with Crippen LogP contribution >= 0.6 is 0 Å². The third-order valence-corrected chi connectivity index (χ3v) is 6.91. The summed E-state index contributed by atoms with van der Waals surface area (Å²) in [7, 11) is -3.41. The van der Waals surface area contributed by atoms with Gasteiger partial charge in [-0.3, -0.25) is 0 Å². The summed E-state index contributed by atoms with van der Waals surface area (Å²) in [4.78, 5) is 14.2. The van der Waals surface area contributed by atoms with Gasteiger partial charge >= 0.3 is 6.03 Å². The van der Waals surface area contributed by atoms with E-state index >= 15 is 0 Å². The van der Waals surface area contributed by atoms with E-state index in [1.54, 1.807) is 6.07 Å². The lowest BCUT2D eigenvalue weighted by Gasteiger charge is -2.35. The van der Waals surface area contributed by atoms with E-state index in [-0.39, 0.29) is 12.3 Å². The Morgan fingerprint density at radius 1 is 1.00 bits per heavy atom. The van der Waals surface area contributed by atoms with Crippen molar-refractivity contribution in [2.24, 2.45) is 0 Å². The zero-order valence-electron chi connectivity index (χ0n) is 16.9. The zero-order chi connectivity index (χ0) is 20.9. The standard InChI is InChI=1S/C21H28N4O3S/c1-17-6-5-8-19(16-17)24-11-13-25(14-12-24)29(27,28)15-10-22-21(26)23-20-9-4-3-7-18(20)2/h3-9,16H,10-15H2,1-2H3,(H2,22,23,26). The number of hydrogen-bond acceptors (Lipinski definition) is 4. The molecule has 3 rings (SSSR count). The Labute approximate surface area is 172 Å². The number of anilines is 2. The molecule has 1 fully saturated rings. The van der Waals surface area contributed by atoms with Gasteiger partial charge in [-0.05, 0) is 43.2 Å². The fourth-order valence-corrected chi connectivity index (χ4v) is 4.69. The second-order valence-electron chi connectivity index (χ2n) is 7.24. The zero-order valence-corrected chi connectivity index (χ0v) is 17.7. The van der Waals surface area contributed by atoms with E-state index in [9.17, 15) is 13.2 Å². The molecule has 0 bridgehead atoms. The molecule has 0 unspecified atom stereocenters. The number of carbonyl (C=O) groups excluding carboxylic acids is 1. The molecule has 29 heavy (non-hydrogen) atoms. The van der Waals surface area contributed by atoms with Gasteiger partial charge in [0, 0.05) is 44.1 Å². The quantitative estimate of drug-likeness (QED) is 0.758. The number of hydrogen-bond donors (Lipinski definition) is 2. The molecule has 0 spiro atoms. The second-order valence-corrected chi connectivity index (χ2v) is 9.33. The van der Waals surface area contributed by atoms with Gasteiger partial charge in [-0.15, -0.1) is 0 Å². The third kappa shape index (κ3) is 5.71. The number of para-hydroxylation sites is 1. The van der Waals surface area contributed by atoms with Crippen molar-refractivity contribution in [2.75, 3.05) is 48.7 Å². The molecular weight excluding hydrogens is 388 g/mol. The molecule has 0 aromatic heterocycles. The number of rotatable bonds is 6. The fraction of sp³-hybridized carbons (Fsp3) is 0.381. The van der Waals surface area contributed by atoms with Gasteiger partial charge in [0.1, 0.15) is 0 Å². The normalized spacial score (nSPS) is 15.2. The van der Waals surface area contributed by atoms with Gasteiger partial charge in [-0.2, -0.15) is 4.31 Å². The Morgan fingerprint density at radius 2 is 1.72 bits per heavy atom. The Hall–Kier alpha value is -2.58. The molecule has 7 nitrogen and oxygen atoms in total. The first-order valence-corrected chi connectivity index (χ1v) is 11.4. The van der Waals surface area contributed by atoms with Crippen LogP contribution in [0.1, 0.15) is 11.1 Å². The molecule has 2 aromatic carbocycles. The highest BCUT2D eigenvalue weighted by Gasteiger charge is 2.26. The van der Waals surface area contributed by atoms with Gasteiger partial charge < -0.3 is 15.5 Å². The van der Waals surface area contributed by atoms with Crippen LogP contribution in [0.3, 0.4) is 0 Å². The number of carbonyl (C=O) groups is 1. The lowest BCUT2D eigenvalue weighted by Crippen LogP contribution is -2.50. The number of amides is 2. The van der Waals surface area contributed by atoms with E-state index < -0.39 is 16.1 Å².